The van der Waals surface area contributed by atoms with E-state index in [1.165, 1.54) is 11.8 Å². The Morgan fingerprint density at radius 3 is 3.07 bits per heavy atom. The quantitative estimate of drug-likeness (QED) is 0.809. The number of carboxylic acid groups (broad SMARTS) is 1. The number of imidazole rings is 1. The monoisotopic (exact) mass is 214 g/mol. The van der Waals surface area contributed by atoms with E-state index in [1.807, 2.05) is 11.5 Å². The molecular weight excluding hydrogens is 200 g/mol. The molecule has 1 heterocycles. The highest BCUT2D eigenvalue weighted by atomic mass is 32.2. The van der Waals surface area contributed by atoms with Gasteiger partial charge >= 0.3 is 5.97 Å². The van der Waals surface area contributed by atoms with Gasteiger partial charge < -0.3 is 9.67 Å². The van der Waals surface area contributed by atoms with Crippen molar-refractivity contribution in [1.29, 1.82) is 0 Å². The molecule has 1 aromatic rings. The number of aryl methyl sites for hydroxylation is 1. The Morgan fingerprint density at radius 1 is 1.79 bits per heavy atom. The summed E-state index contributed by atoms with van der Waals surface area (Å²) in [4.78, 5) is 14.6. The van der Waals surface area contributed by atoms with Gasteiger partial charge in [-0.05, 0) is 13.8 Å². The Kier molecular flexibility index (Phi) is 4.00. The van der Waals surface area contributed by atoms with Gasteiger partial charge in [0, 0.05) is 24.2 Å². The van der Waals surface area contributed by atoms with Crippen LogP contribution in [-0.4, -0.2) is 25.9 Å². The summed E-state index contributed by atoms with van der Waals surface area (Å²) in [5.41, 5.74) is 1.07. The van der Waals surface area contributed by atoms with Crippen molar-refractivity contribution in [3.8, 4) is 0 Å². The van der Waals surface area contributed by atoms with Gasteiger partial charge in [0.1, 0.15) is 0 Å². The van der Waals surface area contributed by atoms with Crippen LogP contribution in [0.4, 0.5) is 0 Å². The standard InChI is InChI=1S/C9H14N2O2S/c1-3-11-6-10-4-8(11)5-14-7(2)9(12)13/h4,6-7H,3,5H2,1-2H3,(H,12,13). The number of thioether (sulfide) groups is 1. The first-order valence-electron chi connectivity index (χ1n) is 4.48. The number of carboxylic acids is 1. The second-order valence-electron chi connectivity index (χ2n) is 2.96. The summed E-state index contributed by atoms with van der Waals surface area (Å²) in [5, 5.41) is 8.33. The van der Waals surface area contributed by atoms with Crippen LogP contribution in [0.3, 0.4) is 0 Å². The maximum absolute atomic E-state index is 10.6. The van der Waals surface area contributed by atoms with E-state index in [1.54, 1.807) is 19.4 Å². The molecule has 1 rings (SSSR count). The Morgan fingerprint density at radius 2 is 2.50 bits per heavy atom. The molecule has 1 N–H and O–H groups in total. The molecule has 0 spiro atoms. The van der Waals surface area contributed by atoms with E-state index in [9.17, 15) is 4.79 Å². The Hall–Kier alpha value is -0.970. The summed E-state index contributed by atoms with van der Waals surface area (Å²) in [5.74, 6) is -0.0704. The number of hydrogen-bond acceptors (Lipinski definition) is 3. The maximum Gasteiger partial charge on any atom is 0.316 e. The molecule has 0 radical (unpaired) electrons. The Labute approximate surface area is 87.3 Å². The molecule has 0 saturated heterocycles. The van der Waals surface area contributed by atoms with Gasteiger partial charge in [0.2, 0.25) is 0 Å². The number of rotatable bonds is 5. The lowest BCUT2D eigenvalue weighted by Gasteiger charge is -2.07. The van der Waals surface area contributed by atoms with Gasteiger partial charge in [-0.3, -0.25) is 4.79 Å². The van der Waals surface area contributed by atoms with Crippen LogP contribution in [0.1, 0.15) is 19.5 Å². The van der Waals surface area contributed by atoms with Gasteiger partial charge in [-0.15, -0.1) is 11.8 Å². The first kappa shape index (κ1) is 11.1. The molecule has 0 amide bonds. The molecule has 0 saturated carbocycles. The zero-order valence-electron chi connectivity index (χ0n) is 8.30. The summed E-state index contributed by atoms with van der Waals surface area (Å²) in [6, 6.07) is 0. The molecule has 0 aromatic carbocycles. The molecule has 0 aliphatic carbocycles. The van der Waals surface area contributed by atoms with Gasteiger partial charge in [-0.25, -0.2) is 4.98 Å². The number of aliphatic carboxylic acids is 1. The zero-order chi connectivity index (χ0) is 10.6. The molecule has 1 atom stereocenters. The minimum Gasteiger partial charge on any atom is -0.480 e. The minimum atomic E-state index is -0.766. The third-order valence-corrected chi connectivity index (χ3v) is 3.13. The fraction of sp³-hybridized carbons (Fsp3) is 0.556. The lowest BCUT2D eigenvalue weighted by atomic mass is 10.5. The normalized spacial score (nSPS) is 12.7. The summed E-state index contributed by atoms with van der Waals surface area (Å²) in [7, 11) is 0. The van der Waals surface area contributed by atoms with E-state index >= 15 is 0 Å². The predicted octanol–water partition coefficient (Wildman–Crippen LogP) is 1.61. The van der Waals surface area contributed by atoms with Crippen molar-refractivity contribution >= 4 is 17.7 Å². The molecule has 0 bridgehead atoms. The van der Waals surface area contributed by atoms with Crippen LogP contribution in [0.5, 0.6) is 0 Å². The van der Waals surface area contributed by atoms with Gasteiger partial charge in [0.25, 0.3) is 0 Å². The molecule has 1 unspecified atom stereocenters. The summed E-state index contributed by atoms with van der Waals surface area (Å²) < 4.78 is 2.02. The molecule has 1 aromatic heterocycles. The van der Waals surface area contributed by atoms with Crippen molar-refractivity contribution in [3.63, 3.8) is 0 Å². The highest BCUT2D eigenvalue weighted by Gasteiger charge is 2.12. The molecule has 5 heteroatoms. The minimum absolute atomic E-state index is 0.366. The van der Waals surface area contributed by atoms with Crippen LogP contribution in [0.25, 0.3) is 0 Å². The first-order chi connectivity index (χ1) is 6.65. The van der Waals surface area contributed by atoms with E-state index < -0.39 is 5.97 Å². The third kappa shape index (κ3) is 2.77. The van der Waals surface area contributed by atoms with Crippen LogP contribution in [0, 0.1) is 0 Å². The Balaban J connectivity index is 2.49. The largest absolute Gasteiger partial charge is 0.480 e. The summed E-state index contributed by atoms with van der Waals surface area (Å²) in [6.45, 7) is 4.60. The van der Waals surface area contributed by atoms with E-state index in [-0.39, 0.29) is 5.25 Å². The summed E-state index contributed by atoms with van der Waals surface area (Å²) in [6.07, 6.45) is 3.55. The smallest absolute Gasteiger partial charge is 0.316 e. The van der Waals surface area contributed by atoms with Crippen LogP contribution >= 0.6 is 11.8 Å². The lowest BCUT2D eigenvalue weighted by molar-refractivity contribution is -0.136. The van der Waals surface area contributed by atoms with Crippen molar-refractivity contribution in [2.24, 2.45) is 0 Å². The fourth-order valence-electron chi connectivity index (χ4n) is 1.03. The topological polar surface area (TPSA) is 55.1 Å². The molecule has 14 heavy (non-hydrogen) atoms. The molecule has 0 aliphatic rings. The van der Waals surface area contributed by atoms with Crippen molar-refractivity contribution in [1.82, 2.24) is 9.55 Å². The number of aromatic nitrogens is 2. The average molecular weight is 214 g/mol. The highest BCUT2D eigenvalue weighted by molar-refractivity contribution is 7.99. The second kappa shape index (κ2) is 5.05. The van der Waals surface area contributed by atoms with Crippen molar-refractivity contribution < 1.29 is 9.90 Å². The predicted molar refractivity (Wildman–Crippen MR) is 56.3 cm³/mol. The van der Waals surface area contributed by atoms with Crippen LogP contribution in [0.15, 0.2) is 12.5 Å². The number of hydrogen-bond donors (Lipinski definition) is 1. The van der Waals surface area contributed by atoms with Gasteiger partial charge in [-0.2, -0.15) is 0 Å². The molecule has 78 valence electrons. The summed E-state index contributed by atoms with van der Waals surface area (Å²) >= 11 is 1.41. The van der Waals surface area contributed by atoms with Crippen LogP contribution in [-0.2, 0) is 17.1 Å². The van der Waals surface area contributed by atoms with Crippen molar-refractivity contribution in [3.05, 3.63) is 18.2 Å². The Bertz CT molecular complexity index is 312. The SMILES string of the molecule is CCn1cncc1CSC(C)C(=O)O. The molecular formula is C9H14N2O2S. The van der Waals surface area contributed by atoms with Gasteiger partial charge in [0.15, 0.2) is 0 Å². The van der Waals surface area contributed by atoms with Gasteiger partial charge in [-0.1, -0.05) is 0 Å². The fourth-order valence-corrected chi connectivity index (χ4v) is 1.84. The third-order valence-electron chi connectivity index (χ3n) is 1.97. The lowest BCUT2D eigenvalue weighted by Crippen LogP contribution is -2.12. The maximum atomic E-state index is 10.6. The van der Waals surface area contributed by atoms with Crippen LogP contribution in [0.2, 0.25) is 0 Å². The van der Waals surface area contributed by atoms with E-state index in [0.717, 1.165) is 12.2 Å². The molecule has 0 fully saturated rings. The molecule has 0 aliphatic heterocycles. The number of nitrogens with zero attached hydrogens (tertiary/aromatic N) is 2. The highest BCUT2D eigenvalue weighted by Crippen LogP contribution is 2.17. The van der Waals surface area contributed by atoms with E-state index in [2.05, 4.69) is 4.98 Å². The van der Waals surface area contributed by atoms with Crippen molar-refractivity contribution in [2.75, 3.05) is 0 Å². The number of carbonyl (C=O) groups is 1. The first-order valence-corrected chi connectivity index (χ1v) is 5.53. The van der Waals surface area contributed by atoms with E-state index in [0.29, 0.717) is 5.75 Å². The second-order valence-corrected chi connectivity index (χ2v) is 4.29. The zero-order valence-corrected chi connectivity index (χ0v) is 9.12. The van der Waals surface area contributed by atoms with E-state index in [4.69, 9.17) is 5.11 Å². The van der Waals surface area contributed by atoms with Gasteiger partial charge in [0.05, 0.1) is 11.6 Å². The average Bonchev–Trinajstić information content (AvgIpc) is 2.60. The van der Waals surface area contributed by atoms with Crippen LogP contribution < -0.4 is 0 Å². The van der Waals surface area contributed by atoms with Crippen molar-refractivity contribution in [2.45, 2.75) is 31.4 Å². The molecule has 4 nitrogen and oxygen atoms in total.